The van der Waals surface area contributed by atoms with Gasteiger partial charge < -0.3 is 10.1 Å². The van der Waals surface area contributed by atoms with Gasteiger partial charge in [0.15, 0.2) is 6.10 Å². The lowest BCUT2D eigenvalue weighted by molar-refractivity contribution is -0.123. The number of nitrogens with one attached hydrogen (secondary N) is 1. The van der Waals surface area contributed by atoms with Crippen molar-refractivity contribution in [3.8, 4) is 0 Å². The van der Waals surface area contributed by atoms with E-state index in [1.807, 2.05) is 0 Å². The van der Waals surface area contributed by atoms with Crippen molar-refractivity contribution in [3.63, 3.8) is 0 Å². The summed E-state index contributed by atoms with van der Waals surface area (Å²) in [5.41, 5.74) is 0.146. The number of hydrogen-bond acceptors (Lipinski definition) is 3. The molecule has 0 aliphatic carbocycles. The molecule has 2 aromatic carbocycles. The first-order valence-corrected chi connectivity index (χ1v) is 7.77. The van der Waals surface area contributed by atoms with Crippen molar-refractivity contribution in [2.75, 3.05) is 5.32 Å². The van der Waals surface area contributed by atoms with Gasteiger partial charge in [0.25, 0.3) is 5.91 Å². The Labute approximate surface area is 145 Å². The molecule has 0 aliphatic rings. The summed E-state index contributed by atoms with van der Waals surface area (Å²) in [7, 11) is 0. The quantitative estimate of drug-likeness (QED) is 0.773. The van der Waals surface area contributed by atoms with Gasteiger partial charge in [-0.3, -0.25) is 4.79 Å². The number of amides is 1. The molecule has 0 radical (unpaired) electrons. The van der Waals surface area contributed by atoms with Crippen LogP contribution in [0.2, 0.25) is 5.02 Å². The fourth-order valence-corrected chi connectivity index (χ4v) is 2.28. The van der Waals surface area contributed by atoms with Gasteiger partial charge in [-0.1, -0.05) is 39.7 Å². The summed E-state index contributed by atoms with van der Waals surface area (Å²) in [5, 5.41) is 2.57. The smallest absolute Gasteiger partial charge is 0.340 e. The molecule has 0 aromatic heterocycles. The third kappa shape index (κ3) is 4.53. The number of anilines is 1. The van der Waals surface area contributed by atoms with E-state index in [0.29, 0.717) is 4.47 Å². The summed E-state index contributed by atoms with van der Waals surface area (Å²) in [6, 6.07) is 10.4. The van der Waals surface area contributed by atoms with Crippen LogP contribution in [-0.2, 0) is 9.53 Å². The SMILES string of the molecule is C[C@H](OC(=O)c1cc(Br)ccc1Cl)C(=O)Nc1ccccc1F. The number of halogens is 3. The highest BCUT2D eigenvalue weighted by molar-refractivity contribution is 9.10. The molecular formula is C16H12BrClFNO3. The first kappa shape index (κ1) is 17.4. The summed E-state index contributed by atoms with van der Waals surface area (Å²) in [5.74, 6) is -1.96. The number of carbonyl (C=O) groups excluding carboxylic acids is 2. The number of benzene rings is 2. The number of esters is 1. The zero-order valence-electron chi connectivity index (χ0n) is 12.0. The van der Waals surface area contributed by atoms with Crippen molar-refractivity contribution < 1.29 is 18.7 Å². The second-order valence-corrected chi connectivity index (χ2v) is 5.96. The van der Waals surface area contributed by atoms with Gasteiger partial charge >= 0.3 is 5.97 Å². The minimum atomic E-state index is -1.11. The maximum atomic E-state index is 13.5. The number of rotatable bonds is 4. The zero-order chi connectivity index (χ0) is 17.0. The highest BCUT2D eigenvalue weighted by Gasteiger charge is 2.21. The molecule has 0 heterocycles. The normalized spacial score (nSPS) is 11.7. The predicted octanol–water partition coefficient (Wildman–Crippen LogP) is 4.43. The fourth-order valence-electron chi connectivity index (χ4n) is 1.73. The summed E-state index contributed by atoms with van der Waals surface area (Å²) < 4.78 is 19.2. The molecule has 4 nitrogen and oxygen atoms in total. The van der Waals surface area contributed by atoms with Crippen LogP contribution in [0.3, 0.4) is 0 Å². The molecule has 1 N–H and O–H groups in total. The van der Waals surface area contributed by atoms with E-state index >= 15 is 0 Å². The van der Waals surface area contributed by atoms with Crippen LogP contribution >= 0.6 is 27.5 Å². The molecule has 0 saturated carbocycles. The maximum absolute atomic E-state index is 13.5. The highest BCUT2D eigenvalue weighted by atomic mass is 79.9. The van der Waals surface area contributed by atoms with Gasteiger partial charge in [-0.25, -0.2) is 9.18 Å². The Morgan fingerprint density at radius 3 is 2.65 bits per heavy atom. The average Bonchev–Trinajstić information content (AvgIpc) is 2.51. The molecule has 0 aliphatic heterocycles. The topological polar surface area (TPSA) is 55.4 Å². The van der Waals surface area contributed by atoms with E-state index in [9.17, 15) is 14.0 Å². The third-order valence-corrected chi connectivity index (χ3v) is 3.76. The molecule has 2 rings (SSSR count). The van der Waals surface area contributed by atoms with Gasteiger partial charge in [0.1, 0.15) is 5.82 Å². The molecule has 0 saturated heterocycles. The molecule has 23 heavy (non-hydrogen) atoms. The van der Waals surface area contributed by atoms with Gasteiger partial charge in [0, 0.05) is 4.47 Å². The van der Waals surface area contributed by atoms with Gasteiger partial charge in [-0.05, 0) is 37.3 Å². The second-order valence-electron chi connectivity index (χ2n) is 4.64. The molecule has 0 fully saturated rings. The van der Waals surface area contributed by atoms with Crippen molar-refractivity contribution in [2.24, 2.45) is 0 Å². The Kier molecular flexibility index (Phi) is 5.74. The van der Waals surface area contributed by atoms with E-state index in [1.165, 1.54) is 37.3 Å². The van der Waals surface area contributed by atoms with Gasteiger partial charge in [0.05, 0.1) is 16.3 Å². The van der Waals surface area contributed by atoms with E-state index in [2.05, 4.69) is 21.2 Å². The van der Waals surface area contributed by atoms with Gasteiger partial charge in [-0.15, -0.1) is 0 Å². The standard InChI is InChI=1S/C16H12BrClFNO3/c1-9(15(21)20-14-5-3-2-4-13(14)19)23-16(22)11-8-10(17)6-7-12(11)18/h2-9H,1H3,(H,20,21)/t9-/m0/s1. The van der Waals surface area contributed by atoms with Crippen LogP contribution in [0.25, 0.3) is 0 Å². The molecule has 0 bridgehead atoms. The lowest BCUT2D eigenvalue weighted by Crippen LogP contribution is -2.30. The van der Waals surface area contributed by atoms with E-state index in [0.717, 1.165) is 0 Å². The van der Waals surface area contributed by atoms with E-state index in [4.69, 9.17) is 16.3 Å². The zero-order valence-corrected chi connectivity index (χ0v) is 14.3. The second kappa shape index (κ2) is 7.57. The van der Waals surface area contributed by atoms with Crippen LogP contribution in [-0.4, -0.2) is 18.0 Å². The van der Waals surface area contributed by atoms with Crippen LogP contribution in [0.15, 0.2) is 46.9 Å². The summed E-state index contributed by atoms with van der Waals surface area (Å²) in [4.78, 5) is 24.1. The summed E-state index contributed by atoms with van der Waals surface area (Å²) >= 11 is 9.16. The fraction of sp³-hybridized carbons (Fsp3) is 0.125. The largest absolute Gasteiger partial charge is 0.449 e. The van der Waals surface area contributed by atoms with Crippen molar-refractivity contribution in [1.82, 2.24) is 0 Å². The Hall–Kier alpha value is -1.92. The summed E-state index contributed by atoms with van der Waals surface area (Å²) in [6.07, 6.45) is -1.11. The van der Waals surface area contributed by atoms with Crippen LogP contribution in [0.1, 0.15) is 17.3 Å². The molecule has 0 unspecified atom stereocenters. The van der Waals surface area contributed by atoms with Crippen LogP contribution < -0.4 is 5.32 Å². The molecule has 7 heteroatoms. The Balaban J connectivity index is 2.05. The number of ether oxygens (including phenoxy) is 1. The highest BCUT2D eigenvalue weighted by Crippen LogP contribution is 2.22. The minimum absolute atomic E-state index is 0.0147. The van der Waals surface area contributed by atoms with E-state index in [-0.39, 0.29) is 16.3 Å². The Bertz CT molecular complexity index is 754. The summed E-state index contributed by atoms with van der Waals surface area (Å²) in [6.45, 7) is 1.39. The Morgan fingerprint density at radius 2 is 1.96 bits per heavy atom. The van der Waals surface area contributed by atoms with Crippen LogP contribution in [0.5, 0.6) is 0 Å². The van der Waals surface area contributed by atoms with Crippen molar-refractivity contribution >= 4 is 45.1 Å². The molecule has 120 valence electrons. The first-order chi connectivity index (χ1) is 10.9. The van der Waals surface area contributed by atoms with Crippen LogP contribution in [0, 0.1) is 5.82 Å². The maximum Gasteiger partial charge on any atom is 0.340 e. The van der Waals surface area contributed by atoms with Crippen LogP contribution in [0.4, 0.5) is 10.1 Å². The molecule has 2 aromatic rings. The lowest BCUT2D eigenvalue weighted by Gasteiger charge is -2.14. The third-order valence-electron chi connectivity index (χ3n) is 2.93. The van der Waals surface area contributed by atoms with Gasteiger partial charge in [-0.2, -0.15) is 0 Å². The molecule has 0 spiro atoms. The Morgan fingerprint density at radius 1 is 1.26 bits per heavy atom. The molecule has 1 atom stereocenters. The first-order valence-electron chi connectivity index (χ1n) is 6.60. The van der Waals surface area contributed by atoms with Crippen molar-refractivity contribution in [2.45, 2.75) is 13.0 Å². The molecular weight excluding hydrogens is 389 g/mol. The van der Waals surface area contributed by atoms with Gasteiger partial charge in [0.2, 0.25) is 0 Å². The lowest BCUT2D eigenvalue weighted by atomic mass is 10.2. The average molecular weight is 401 g/mol. The minimum Gasteiger partial charge on any atom is -0.449 e. The predicted molar refractivity (Wildman–Crippen MR) is 89.1 cm³/mol. The number of carbonyl (C=O) groups is 2. The van der Waals surface area contributed by atoms with Crippen molar-refractivity contribution in [1.29, 1.82) is 0 Å². The molecule has 1 amide bonds. The monoisotopic (exact) mass is 399 g/mol. The van der Waals surface area contributed by atoms with E-state index in [1.54, 1.807) is 12.1 Å². The number of hydrogen-bond donors (Lipinski definition) is 1. The van der Waals surface area contributed by atoms with Crippen molar-refractivity contribution in [3.05, 3.63) is 63.3 Å². The number of para-hydroxylation sites is 1. The van der Waals surface area contributed by atoms with E-state index < -0.39 is 23.8 Å².